The summed E-state index contributed by atoms with van der Waals surface area (Å²) in [4.78, 5) is 15.9. The Kier molecular flexibility index (Phi) is 4.99. The topological polar surface area (TPSA) is 67.2 Å². The van der Waals surface area contributed by atoms with E-state index in [1.807, 2.05) is 24.3 Å². The van der Waals surface area contributed by atoms with Crippen molar-refractivity contribution in [1.82, 2.24) is 14.9 Å². The van der Waals surface area contributed by atoms with E-state index in [-0.39, 0.29) is 18.0 Å². The zero-order valence-electron chi connectivity index (χ0n) is 14.4. The Bertz CT molecular complexity index is 955. The number of aliphatic hydroxyl groups excluding tert-OH is 1. The number of halogens is 2. The van der Waals surface area contributed by atoms with Crippen LogP contribution in [-0.4, -0.2) is 20.6 Å². The second-order valence-electron chi connectivity index (χ2n) is 6.17. The normalized spacial score (nSPS) is 13.6. The van der Waals surface area contributed by atoms with Gasteiger partial charge in [-0.25, -0.2) is 13.8 Å². The molecule has 0 aliphatic heterocycles. The van der Waals surface area contributed by atoms with Crippen molar-refractivity contribution in [3.63, 3.8) is 0 Å². The minimum absolute atomic E-state index is 0.0276. The Labute approximate surface area is 149 Å². The average Bonchev–Trinajstić information content (AvgIpc) is 2.95. The fourth-order valence-corrected chi connectivity index (χ4v) is 3.03. The molecule has 1 amide bonds. The van der Waals surface area contributed by atoms with Crippen LogP contribution >= 0.6 is 0 Å². The Balaban J connectivity index is 2.02. The molecular weight excluding hydrogens is 340 g/mol. The first kappa shape index (κ1) is 18.0. The van der Waals surface area contributed by atoms with Gasteiger partial charge in [0.15, 0.2) is 0 Å². The van der Waals surface area contributed by atoms with Gasteiger partial charge in [0, 0.05) is 12.5 Å². The van der Waals surface area contributed by atoms with Crippen LogP contribution in [0.15, 0.2) is 42.5 Å². The van der Waals surface area contributed by atoms with Crippen molar-refractivity contribution in [2.45, 2.75) is 32.5 Å². The number of hydrogen-bond donors (Lipinski definition) is 2. The van der Waals surface area contributed by atoms with Crippen LogP contribution < -0.4 is 5.32 Å². The van der Waals surface area contributed by atoms with Gasteiger partial charge in [-0.15, -0.1) is 0 Å². The molecule has 2 N–H and O–H groups in total. The summed E-state index contributed by atoms with van der Waals surface area (Å²) in [6.45, 7) is 3.15. The lowest BCUT2D eigenvalue weighted by atomic mass is 10.1. The van der Waals surface area contributed by atoms with Crippen LogP contribution in [0, 0.1) is 11.6 Å². The van der Waals surface area contributed by atoms with Crippen molar-refractivity contribution in [3.05, 3.63) is 65.5 Å². The van der Waals surface area contributed by atoms with Crippen molar-refractivity contribution in [1.29, 1.82) is 0 Å². The van der Waals surface area contributed by atoms with Crippen molar-refractivity contribution in [3.8, 4) is 0 Å². The van der Waals surface area contributed by atoms with E-state index < -0.39 is 23.8 Å². The molecule has 26 heavy (non-hydrogen) atoms. The second kappa shape index (κ2) is 7.21. The highest BCUT2D eigenvalue weighted by molar-refractivity contribution is 5.77. The van der Waals surface area contributed by atoms with Gasteiger partial charge < -0.3 is 15.0 Å². The summed E-state index contributed by atoms with van der Waals surface area (Å²) in [5.41, 5.74) is 1.29. The third-order valence-corrected chi connectivity index (χ3v) is 4.16. The van der Waals surface area contributed by atoms with Gasteiger partial charge in [0.2, 0.25) is 5.91 Å². The summed E-state index contributed by atoms with van der Waals surface area (Å²) in [6, 6.07) is 9.84. The highest BCUT2D eigenvalue weighted by Crippen LogP contribution is 2.26. The first-order valence-corrected chi connectivity index (χ1v) is 8.22. The average molecular weight is 359 g/mol. The van der Waals surface area contributed by atoms with Gasteiger partial charge in [-0.2, -0.15) is 0 Å². The van der Waals surface area contributed by atoms with Gasteiger partial charge in [0.25, 0.3) is 0 Å². The summed E-state index contributed by atoms with van der Waals surface area (Å²) in [5, 5.41) is 13.3. The molecule has 1 heterocycles. The van der Waals surface area contributed by atoms with E-state index in [9.17, 15) is 18.7 Å². The van der Waals surface area contributed by atoms with E-state index in [0.29, 0.717) is 11.3 Å². The van der Waals surface area contributed by atoms with Crippen molar-refractivity contribution in [2.24, 2.45) is 0 Å². The maximum absolute atomic E-state index is 14.0. The Hall–Kier alpha value is -2.80. The van der Waals surface area contributed by atoms with Crippen molar-refractivity contribution in [2.75, 3.05) is 0 Å². The molecule has 0 fully saturated rings. The third kappa shape index (κ3) is 3.57. The molecule has 3 aromatic rings. The van der Waals surface area contributed by atoms with Gasteiger partial charge >= 0.3 is 0 Å². The molecule has 0 aliphatic rings. The summed E-state index contributed by atoms with van der Waals surface area (Å²) in [5.74, 6) is -0.993. The molecule has 2 aromatic carbocycles. The SMILES string of the molecule is CC(=O)N[C@@H](C)c1nc2ccccc2n1C[C@H](O)c1cc(F)ccc1F. The minimum atomic E-state index is -1.27. The van der Waals surface area contributed by atoms with Gasteiger partial charge in [0.1, 0.15) is 17.5 Å². The lowest BCUT2D eigenvalue weighted by Crippen LogP contribution is -2.27. The summed E-state index contributed by atoms with van der Waals surface area (Å²) in [7, 11) is 0. The number of carbonyl (C=O) groups excluding carboxylic acids is 1. The molecule has 3 rings (SSSR count). The van der Waals surface area contributed by atoms with Crippen LogP contribution in [0.25, 0.3) is 11.0 Å². The summed E-state index contributed by atoms with van der Waals surface area (Å²) in [6.07, 6.45) is -1.27. The Morgan fingerprint density at radius 3 is 2.73 bits per heavy atom. The monoisotopic (exact) mass is 359 g/mol. The third-order valence-electron chi connectivity index (χ3n) is 4.16. The smallest absolute Gasteiger partial charge is 0.217 e. The van der Waals surface area contributed by atoms with E-state index in [1.165, 1.54) is 6.92 Å². The van der Waals surface area contributed by atoms with E-state index >= 15 is 0 Å². The largest absolute Gasteiger partial charge is 0.386 e. The lowest BCUT2D eigenvalue weighted by molar-refractivity contribution is -0.119. The van der Waals surface area contributed by atoms with Crippen molar-refractivity contribution >= 4 is 16.9 Å². The minimum Gasteiger partial charge on any atom is -0.386 e. The number of rotatable bonds is 5. The quantitative estimate of drug-likeness (QED) is 0.735. The number of fused-ring (bicyclic) bond motifs is 1. The van der Waals surface area contributed by atoms with E-state index in [1.54, 1.807) is 11.5 Å². The molecule has 2 atom stereocenters. The number of para-hydroxylation sites is 2. The number of amides is 1. The number of hydrogen-bond acceptors (Lipinski definition) is 3. The summed E-state index contributed by atoms with van der Waals surface area (Å²) >= 11 is 0. The van der Waals surface area contributed by atoms with Crippen LogP contribution in [-0.2, 0) is 11.3 Å². The van der Waals surface area contributed by atoms with Crippen molar-refractivity contribution < 1.29 is 18.7 Å². The van der Waals surface area contributed by atoms with Crippen LogP contribution in [0.2, 0.25) is 0 Å². The van der Waals surface area contributed by atoms with Crippen LogP contribution in [0.5, 0.6) is 0 Å². The molecule has 7 heteroatoms. The van der Waals surface area contributed by atoms with Crippen LogP contribution in [0.4, 0.5) is 8.78 Å². The van der Waals surface area contributed by atoms with E-state index in [2.05, 4.69) is 10.3 Å². The number of aliphatic hydroxyl groups is 1. The predicted molar refractivity (Wildman–Crippen MR) is 93.3 cm³/mol. The van der Waals surface area contributed by atoms with E-state index in [0.717, 1.165) is 23.7 Å². The lowest BCUT2D eigenvalue weighted by Gasteiger charge is -2.19. The zero-order valence-corrected chi connectivity index (χ0v) is 14.4. The number of carbonyl (C=O) groups is 1. The van der Waals surface area contributed by atoms with Gasteiger partial charge in [0.05, 0.1) is 29.7 Å². The Morgan fingerprint density at radius 2 is 2.00 bits per heavy atom. The molecule has 0 saturated heterocycles. The molecule has 0 radical (unpaired) electrons. The fraction of sp³-hybridized carbons (Fsp3) is 0.263. The predicted octanol–water partition coefficient (Wildman–Crippen LogP) is 3.25. The van der Waals surface area contributed by atoms with Crippen LogP contribution in [0.1, 0.15) is 37.4 Å². The standard InChI is InChI=1S/C19H19F2N3O2/c1-11(22-12(2)25)19-23-16-5-3-4-6-17(16)24(19)10-18(26)14-9-13(20)7-8-15(14)21/h3-9,11,18,26H,10H2,1-2H3,(H,22,25)/t11-,18-/m0/s1. The molecule has 0 spiro atoms. The number of benzene rings is 2. The Morgan fingerprint density at radius 1 is 1.27 bits per heavy atom. The van der Waals surface area contributed by atoms with Gasteiger partial charge in [-0.3, -0.25) is 4.79 Å². The second-order valence-corrected chi connectivity index (χ2v) is 6.17. The van der Waals surface area contributed by atoms with Gasteiger partial charge in [-0.05, 0) is 37.3 Å². The number of nitrogens with zero attached hydrogens (tertiary/aromatic N) is 2. The number of aromatic nitrogens is 2. The first-order valence-electron chi connectivity index (χ1n) is 8.22. The molecule has 1 aromatic heterocycles. The number of nitrogens with one attached hydrogen (secondary N) is 1. The zero-order chi connectivity index (χ0) is 18.8. The molecule has 0 bridgehead atoms. The maximum atomic E-state index is 14.0. The summed E-state index contributed by atoms with van der Waals surface area (Å²) < 4.78 is 29.1. The fourth-order valence-electron chi connectivity index (χ4n) is 3.03. The molecule has 0 unspecified atom stereocenters. The van der Waals surface area contributed by atoms with Crippen LogP contribution in [0.3, 0.4) is 0 Å². The molecule has 0 saturated carbocycles. The number of imidazole rings is 1. The van der Waals surface area contributed by atoms with Gasteiger partial charge in [-0.1, -0.05) is 12.1 Å². The molecule has 136 valence electrons. The highest BCUT2D eigenvalue weighted by Gasteiger charge is 2.21. The highest BCUT2D eigenvalue weighted by atomic mass is 19.1. The molecule has 5 nitrogen and oxygen atoms in total. The maximum Gasteiger partial charge on any atom is 0.217 e. The molecule has 0 aliphatic carbocycles. The molecular formula is C19H19F2N3O2. The van der Waals surface area contributed by atoms with E-state index in [4.69, 9.17) is 0 Å². The first-order chi connectivity index (χ1) is 12.4.